The van der Waals surface area contributed by atoms with Gasteiger partial charge in [0.05, 0.1) is 37.3 Å². The van der Waals surface area contributed by atoms with Crippen molar-refractivity contribution < 1.29 is 33.2 Å². The van der Waals surface area contributed by atoms with Crippen molar-refractivity contribution in [2.75, 3.05) is 26.3 Å². The Morgan fingerprint density at radius 1 is 1.08 bits per heavy atom. The summed E-state index contributed by atoms with van der Waals surface area (Å²) < 4.78 is 23.9. The molecule has 6 atom stereocenters. The number of amides is 3. The quantitative estimate of drug-likeness (QED) is 0.448. The van der Waals surface area contributed by atoms with Gasteiger partial charge in [-0.15, -0.1) is 0 Å². The molecule has 11 heteroatoms. The molecule has 0 aromatic carbocycles. The molecule has 2 bridgehead atoms. The van der Waals surface area contributed by atoms with Gasteiger partial charge in [-0.3, -0.25) is 9.59 Å². The molecule has 2 saturated heterocycles. The number of alkyl carbamates (subject to hydrolysis) is 1. The summed E-state index contributed by atoms with van der Waals surface area (Å²) in [6.45, 7) is 18.0. The third kappa shape index (κ3) is 6.56. The van der Waals surface area contributed by atoms with E-state index in [0.29, 0.717) is 44.6 Å². The maximum Gasteiger partial charge on any atom is 0.481 e. The van der Waals surface area contributed by atoms with Crippen LogP contribution in [-0.2, 0) is 28.4 Å². The molecule has 0 radical (unpaired) electrons. The van der Waals surface area contributed by atoms with Crippen molar-refractivity contribution in [3.05, 3.63) is 0 Å². The van der Waals surface area contributed by atoms with E-state index >= 15 is 0 Å². The molecule has 3 saturated carbocycles. The predicted molar refractivity (Wildman–Crippen MR) is 147 cm³/mol. The van der Waals surface area contributed by atoms with Crippen molar-refractivity contribution in [3.8, 4) is 0 Å². The second kappa shape index (κ2) is 11.2. The predicted octanol–water partition coefficient (Wildman–Crippen LogP) is 2.93. The van der Waals surface area contributed by atoms with Crippen LogP contribution in [0.5, 0.6) is 0 Å². The molecule has 10 nitrogen and oxygen atoms in total. The molecule has 0 aromatic heterocycles. The number of rotatable bonds is 8. The summed E-state index contributed by atoms with van der Waals surface area (Å²) in [5, 5.41) is 5.73. The maximum absolute atomic E-state index is 13.7. The van der Waals surface area contributed by atoms with Crippen LogP contribution in [0.1, 0.15) is 81.1 Å². The summed E-state index contributed by atoms with van der Waals surface area (Å²) in [5.41, 5.74) is -0.933. The van der Waals surface area contributed by atoms with Gasteiger partial charge in [0.25, 0.3) is 0 Å². The Labute approximate surface area is 233 Å². The molecule has 2 N–H and O–H groups in total. The van der Waals surface area contributed by atoms with Gasteiger partial charge in [-0.1, -0.05) is 27.7 Å². The molecule has 0 aromatic rings. The summed E-state index contributed by atoms with van der Waals surface area (Å²) in [5.74, 6) is 0.183. The number of nitrogens with one attached hydrogen (secondary N) is 2. The van der Waals surface area contributed by atoms with Crippen LogP contribution in [0.2, 0.25) is 0 Å². The molecule has 2 heterocycles. The Morgan fingerprint density at radius 2 is 1.74 bits per heavy atom. The monoisotopic (exact) mass is 549 g/mol. The molecule has 5 aliphatic rings. The van der Waals surface area contributed by atoms with Crippen molar-refractivity contribution in [3.63, 3.8) is 0 Å². The van der Waals surface area contributed by atoms with Gasteiger partial charge in [-0.05, 0) is 70.1 Å². The summed E-state index contributed by atoms with van der Waals surface area (Å²) in [6, 6.07) is -1.10. The van der Waals surface area contributed by atoms with Crippen molar-refractivity contribution >= 4 is 25.0 Å². The van der Waals surface area contributed by atoms with Crippen molar-refractivity contribution in [1.82, 2.24) is 15.5 Å². The van der Waals surface area contributed by atoms with E-state index in [0.717, 1.165) is 12.8 Å². The Balaban J connectivity index is 1.48. The highest BCUT2D eigenvalue weighted by Crippen LogP contribution is 2.65. The topological polar surface area (TPSA) is 115 Å². The minimum Gasteiger partial charge on any atom is -0.444 e. The van der Waals surface area contributed by atoms with Crippen LogP contribution in [-0.4, -0.2) is 85.5 Å². The van der Waals surface area contributed by atoms with Crippen LogP contribution in [0.3, 0.4) is 0 Å². The zero-order valence-electron chi connectivity index (χ0n) is 25.0. The third-order valence-electron chi connectivity index (χ3n) is 9.10. The smallest absolute Gasteiger partial charge is 0.444 e. The second-order valence-corrected chi connectivity index (χ2v) is 14.0. The third-order valence-corrected chi connectivity index (χ3v) is 9.10. The fourth-order valence-corrected chi connectivity index (χ4v) is 6.88. The molecule has 5 rings (SSSR count). The van der Waals surface area contributed by atoms with Crippen LogP contribution in [0, 0.1) is 23.2 Å². The highest BCUT2D eigenvalue weighted by Gasteiger charge is 2.68. The lowest BCUT2D eigenvalue weighted by atomic mass is 9.43. The summed E-state index contributed by atoms with van der Waals surface area (Å²) in [7, 11) is -0.598. The minimum atomic E-state index is -1.10. The zero-order chi connectivity index (χ0) is 28.8. The lowest BCUT2D eigenvalue weighted by molar-refractivity contribution is -0.199. The van der Waals surface area contributed by atoms with E-state index in [1.54, 1.807) is 25.7 Å². The van der Waals surface area contributed by atoms with Gasteiger partial charge >= 0.3 is 13.2 Å². The molecule has 0 spiro atoms. The van der Waals surface area contributed by atoms with E-state index in [1.807, 2.05) is 0 Å². The lowest BCUT2D eigenvalue weighted by Crippen LogP contribution is -2.65. The summed E-state index contributed by atoms with van der Waals surface area (Å²) in [4.78, 5) is 41.1. The molecule has 39 heavy (non-hydrogen) atoms. The number of carbonyl (C=O) groups excluding carboxylic acids is 3. The first-order valence-electron chi connectivity index (χ1n) is 14.6. The normalized spacial score (nSPS) is 31.2. The van der Waals surface area contributed by atoms with Gasteiger partial charge in [0.1, 0.15) is 11.6 Å². The molecule has 3 amide bonds. The van der Waals surface area contributed by atoms with Gasteiger partial charge in [0, 0.05) is 13.1 Å². The minimum absolute atomic E-state index is 0.00979. The highest BCUT2D eigenvalue weighted by atomic mass is 16.7. The summed E-state index contributed by atoms with van der Waals surface area (Å²) in [6.07, 6.45) is 1.80. The Kier molecular flexibility index (Phi) is 8.65. The van der Waals surface area contributed by atoms with Gasteiger partial charge in [0.2, 0.25) is 11.8 Å². The van der Waals surface area contributed by atoms with Gasteiger partial charge < -0.3 is 34.3 Å². The zero-order valence-corrected chi connectivity index (χ0v) is 25.0. The molecular formula is C28H48BN3O7. The van der Waals surface area contributed by atoms with Crippen molar-refractivity contribution in [2.45, 2.75) is 110 Å². The number of nitrogens with zero attached hydrogens (tertiary/aromatic N) is 1. The average molecular weight is 550 g/mol. The number of ether oxygens (including phenoxy) is 2. The molecule has 3 aliphatic carbocycles. The first-order chi connectivity index (χ1) is 18.1. The fraction of sp³-hybridized carbons (Fsp3) is 0.893. The van der Waals surface area contributed by atoms with Gasteiger partial charge in [0.15, 0.2) is 0 Å². The van der Waals surface area contributed by atoms with E-state index in [4.69, 9.17) is 18.8 Å². The first kappa shape index (κ1) is 30.1. The number of morpholine rings is 1. The maximum atomic E-state index is 13.7. The molecular weight excluding hydrogens is 501 g/mol. The van der Waals surface area contributed by atoms with E-state index < -0.39 is 42.3 Å². The largest absolute Gasteiger partial charge is 0.481 e. The van der Waals surface area contributed by atoms with Crippen molar-refractivity contribution in [1.29, 1.82) is 0 Å². The van der Waals surface area contributed by atoms with E-state index in [-0.39, 0.29) is 29.8 Å². The number of carbonyl (C=O) groups is 3. The Morgan fingerprint density at radius 3 is 2.33 bits per heavy atom. The second-order valence-electron chi connectivity index (χ2n) is 14.0. The Hall–Kier alpha value is -1.85. The van der Waals surface area contributed by atoms with E-state index in [2.05, 4.69) is 45.3 Å². The molecule has 2 aliphatic heterocycles. The summed E-state index contributed by atoms with van der Waals surface area (Å²) >= 11 is 0. The van der Waals surface area contributed by atoms with Crippen molar-refractivity contribution in [2.24, 2.45) is 23.2 Å². The van der Waals surface area contributed by atoms with Crippen LogP contribution in [0.15, 0.2) is 0 Å². The highest BCUT2D eigenvalue weighted by molar-refractivity contribution is 6.48. The van der Waals surface area contributed by atoms with Crippen LogP contribution in [0.25, 0.3) is 0 Å². The van der Waals surface area contributed by atoms with Crippen LogP contribution < -0.4 is 10.6 Å². The van der Waals surface area contributed by atoms with Gasteiger partial charge in [-0.2, -0.15) is 0 Å². The number of hydrogen-bond acceptors (Lipinski definition) is 7. The SMILES string of the molecule is CC(C)C[C@H](NC(=O)[C@@H](CC(=O)N1CCOCC1)NC(=O)OC(C)(C)C)B1O[C@@H]2C[C@@H]3C[C@@H](C3(C)C)[C@]2(C)O1. The number of hydrogen-bond donors (Lipinski definition) is 2. The van der Waals surface area contributed by atoms with E-state index in [9.17, 15) is 14.4 Å². The molecule has 5 fully saturated rings. The lowest BCUT2D eigenvalue weighted by Gasteiger charge is -2.64. The standard InChI is InChI=1S/C28H48BN3O7/c1-17(2)13-22(29-38-21-15-18-14-20(27(18,6)7)28(21,8)39-29)31-24(34)19(30-25(35)37-26(3,4)5)16-23(33)32-9-11-36-12-10-32/h17-22H,9-16H2,1-8H3,(H,30,35)(H,31,34)/t18-,19+,20-,21+,22-,28-/m0/s1. The van der Waals surface area contributed by atoms with Crippen LogP contribution in [0.4, 0.5) is 4.79 Å². The molecule has 220 valence electrons. The van der Waals surface area contributed by atoms with Crippen LogP contribution >= 0.6 is 0 Å². The Bertz CT molecular complexity index is 933. The fourth-order valence-electron chi connectivity index (χ4n) is 6.88. The first-order valence-corrected chi connectivity index (χ1v) is 14.6. The molecule has 0 unspecified atom stereocenters. The van der Waals surface area contributed by atoms with E-state index in [1.165, 1.54) is 0 Å². The average Bonchev–Trinajstić information content (AvgIpc) is 3.19. The van der Waals surface area contributed by atoms with Gasteiger partial charge in [-0.25, -0.2) is 4.79 Å².